The van der Waals surface area contributed by atoms with Crippen molar-refractivity contribution in [2.24, 2.45) is 5.73 Å². The molecule has 1 unspecified atom stereocenters. The summed E-state index contributed by atoms with van der Waals surface area (Å²) in [6, 6.07) is 17.9. The number of amides is 3. The van der Waals surface area contributed by atoms with Gasteiger partial charge < -0.3 is 20.7 Å². The number of nitrogens with two attached hydrogens (primary N) is 1. The van der Waals surface area contributed by atoms with E-state index < -0.39 is 35.7 Å². The van der Waals surface area contributed by atoms with Gasteiger partial charge in [0.2, 0.25) is 0 Å². The van der Waals surface area contributed by atoms with Crippen LogP contribution in [-0.4, -0.2) is 47.0 Å². The van der Waals surface area contributed by atoms with E-state index in [1.54, 1.807) is 42.5 Å². The summed E-state index contributed by atoms with van der Waals surface area (Å²) < 4.78 is 32.9. The number of carbonyl (C=O) groups excluding carboxylic acids is 3. The molecule has 0 bridgehead atoms. The zero-order valence-corrected chi connectivity index (χ0v) is 19.2. The molecule has 0 aromatic heterocycles. The molecular formula is C26H24F2N4O4. The van der Waals surface area contributed by atoms with Crippen LogP contribution in [0.1, 0.15) is 21.5 Å². The van der Waals surface area contributed by atoms with Gasteiger partial charge in [0.1, 0.15) is 17.4 Å². The Morgan fingerprint density at radius 3 is 2.25 bits per heavy atom. The van der Waals surface area contributed by atoms with Gasteiger partial charge in [-0.25, -0.2) is 13.6 Å². The Labute approximate surface area is 206 Å². The predicted octanol–water partition coefficient (Wildman–Crippen LogP) is 3.02. The summed E-state index contributed by atoms with van der Waals surface area (Å²) in [4.78, 5) is 41.6. The highest BCUT2D eigenvalue weighted by molar-refractivity contribution is 5.99. The van der Waals surface area contributed by atoms with Crippen LogP contribution in [-0.2, 0) is 17.9 Å². The van der Waals surface area contributed by atoms with Gasteiger partial charge in [-0.15, -0.1) is 0 Å². The lowest BCUT2D eigenvalue weighted by atomic mass is 10.1. The fourth-order valence-corrected chi connectivity index (χ4v) is 3.95. The molecule has 3 amide bonds. The zero-order valence-electron chi connectivity index (χ0n) is 19.2. The molecular weight excluding hydrogens is 470 g/mol. The number of hydrogen-bond acceptors (Lipinski definition) is 5. The van der Waals surface area contributed by atoms with Crippen LogP contribution in [0, 0.1) is 11.6 Å². The Bertz CT molecular complexity index is 1250. The molecule has 1 saturated heterocycles. The van der Waals surface area contributed by atoms with Crippen LogP contribution in [0.5, 0.6) is 5.75 Å². The van der Waals surface area contributed by atoms with Crippen LogP contribution >= 0.6 is 0 Å². The highest BCUT2D eigenvalue weighted by Crippen LogP contribution is 2.22. The van der Waals surface area contributed by atoms with Gasteiger partial charge in [-0.1, -0.05) is 42.5 Å². The number of para-hydroxylation sites is 1. The van der Waals surface area contributed by atoms with Crippen LogP contribution < -0.4 is 15.8 Å². The fraction of sp³-hybridized carbons (Fsp3) is 0.192. The fourth-order valence-electron chi connectivity index (χ4n) is 3.95. The molecule has 1 heterocycles. The second-order valence-electron chi connectivity index (χ2n) is 8.15. The van der Waals surface area contributed by atoms with Crippen molar-refractivity contribution in [3.05, 3.63) is 101 Å². The monoisotopic (exact) mass is 494 g/mol. The van der Waals surface area contributed by atoms with Crippen molar-refractivity contribution in [2.75, 3.05) is 13.1 Å². The van der Waals surface area contributed by atoms with Crippen LogP contribution in [0.3, 0.4) is 0 Å². The minimum Gasteiger partial charge on any atom is -0.410 e. The number of hydrogen-bond donors (Lipinski definition) is 2. The smallest absolute Gasteiger partial charge is 0.410 e. The first-order chi connectivity index (χ1) is 17.4. The zero-order chi connectivity index (χ0) is 25.7. The van der Waals surface area contributed by atoms with E-state index in [0.717, 1.165) is 33.1 Å². The molecule has 0 spiro atoms. The maximum atomic E-state index is 13.8. The summed E-state index contributed by atoms with van der Waals surface area (Å²) >= 11 is 0. The highest BCUT2D eigenvalue weighted by Gasteiger charge is 2.44. The SMILES string of the molecule is NCc1cccc(CNC(=O)C2N(C(=O)Oc3ccccc3)CCN2C(=O)c2cc(F)cc(F)c2)c1. The Hall–Kier alpha value is -4.31. The van der Waals surface area contributed by atoms with E-state index in [1.807, 2.05) is 12.1 Å². The first-order valence-electron chi connectivity index (χ1n) is 11.2. The molecule has 0 saturated carbocycles. The number of rotatable bonds is 6. The molecule has 1 atom stereocenters. The van der Waals surface area contributed by atoms with E-state index in [1.165, 1.54) is 0 Å². The second-order valence-corrected chi connectivity index (χ2v) is 8.15. The average Bonchev–Trinajstić information content (AvgIpc) is 3.32. The van der Waals surface area contributed by atoms with Gasteiger partial charge in [-0.2, -0.15) is 0 Å². The number of ether oxygens (including phenoxy) is 1. The quantitative estimate of drug-likeness (QED) is 0.548. The van der Waals surface area contributed by atoms with Crippen molar-refractivity contribution in [3.63, 3.8) is 0 Å². The predicted molar refractivity (Wildman–Crippen MR) is 127 cm³/mol. The second kappa shape index (κ2) is 11.0. The third kappa shape index (κ3) is 5.66. The van der Waals surface area contributed by atoms with E-state index in [-0.39, 0.29) is 30.9 Å². The number of halogens is 2. The standard InChI is InChI=1S/C26H24F2N4O4/c27-20-12-19(13-21(28)14-20)25(34)31-9-10-32(26(35)36-22-7-2-1-3-8-22)24(31)23(33)30-16-18-6-4-5-17(11-18)15-29/h1-8,11-14,24H,9-10,15-16,29H2,(H,30,33). The van der Waals surface area contributed by atoms with Gasteiger partial charge in [0.05, 0.1) is 0 Å². The molecule has 186 valence electrons. The van der Waals surface area contributed by atoms with Crippen molar-refractivity contribution in [2.45, 2.75) is 19.3 Å². The Morgan fingerprint density at radius 1 is 0.889 bits per heavy atom. The van der Waals surface area contributed by atoms with E-state index in [2.05, 4.69) is 5.32 Å². The molecule has 10 heteroatoms. The summed E-state index contributed by atoms with van der Waals surface area (Å²) in [5, 5.41) is 2.73. The molecule has 0 radical (unpaired) electrons. The lowest BCUT2D eigenvalue weighted by molar-refractivity contribution is -0.128. The molecule has 4 rings (SSSR count). The lowest BCUT2D eigenvalue weighted by Gasteiger charge is -2.28. The molecule has 0 aliphatic carbocycles. The molecule has 1 aliphatic rings. The number of nitrogens with zero attached hydrogens (tertiary/aromatic N) is 2. The number of nitrogens with one attached hydrogen (secondary N) is 1. The van der Waals surface area contributed by atoms with E-state index in [9.17, 15) is 23.2 Å². The third-order valence-electron chi connectivity index (χ3n) is 5.65. The van der Waals surface area contributed by atoms with Gasteiger partial charge in [-0.3, -0.25) is 14.5 Å². The topological polar surface area (TPSA) is 105 Å². The van der Waals surface area contributed by atoms with Crippen LogP contribution in [0.2, 0.25) is 0 Å². The van der Waals surface area contributed by atoms with E-state index in [4.69, 9.17) is 10.5 Å². The molecule has 36 heavy (non-hydrogen) atoms. The molecule has 1 aliphatic heterocycles. The maximum Gasteiger partial charge on any atom is 0.417 e. The first kappa shape index (κ1) is 24.8. The van der Waals surface area contributed by atoms with Crippen LogP contribution in [0.4, 0.5) is 13.6 Å². The van der Waals surface area contributed by atoms with Gasteiger partial charge in [-0.05, 0) is 35.4 Å². The average molecular weight is 494 g/mol. The number of carbonyl (C=O) groups is 3. The highest BCUT2D eigenvalue weighted by atomic mass is 19.1. The summed E-state index contributed by atoms with van der Waals surface area (Å²) in [5.74, 6) is -3.05. The van der Waals surface area contributed by atoms with Gasteiger partial charge in [0.25, 0.3) is 11.8 Å². The minimum absolute atomic E-state index is 0.0179. The lowest BCUT2D eigenvalue weighted by Crippen LogP contribution is -2.54. The van der Waals surface area contributed by atoms with Gasteiger partial charge >= 0.3 is 6.09 Å². The Kier molecular flexibility index (Phi) is 7.55. The summed E-state index contributed by atoms with van der Waals surface area (Å²) in [7, 11) is 0. The normalized spacial score (nSPS) is 15.0. The van der Waals surface area contributed by atoms with Crippen molar-refractivity contribution in [1.82, 2.24) is 15.1 Å². The van der Waals surface area contributed by atoms with Crippen LogP contribution in [0.15, 0.2) is 72.8 Å². The first-order valence-corrected chi connectivity index (χ1v) is 11.2. The summed E-state index contributed by atoms with van der Waals surface area (Å²) in [5.41, 5.74) is 7.04. The van der Waals surface area contributed by atoms with Crippen molar-refractivity contribution in [3.8, 4) is 5.75 Å². The molecule has 8 nitrogen and oxygen atoms in total. The van der Waals surface area contributed by atoms with E-state index in [0.29, 0.717) is 12.6 Å². The minimum atomic E-state index is -1.39. The maximum absolute atomic E-state index is 13.8. The molecule has 3 aromatic rings. The summed E-state index contributed by atoms with van der Waals surface area (Å²) in [6.07, 6.45) is -2.23. The number of benzene rings is 3. The largest absolute Gasteiger partial charge is 0.417 e. The third-order valence-corrected chi connectivity index (χ3v) is 5.65. The van der Waals surface area contributed by atoms with Crippen molar-refractivity contribution < 1.29 is 27.9 Å². The van der Waals surface area contributed by atoms with E-state index >= 15 is 0 Å². The van der Waals surface area contributed by atoms with Gasteiger partial charge in [0.15, 0.2) is 6.17 Å². The molecule has 3 N–H and O–H groups in total. The molecule has 3 aromatic carbocycles. The van der Waals surface area contributed by atoms with Crippen molar-refractivity contribution >= 4 is 17.9 Å². The summed E-state index contributed by atoms with van der Waals surface area (Å²) in [6.45, 7) is 0.384. The van der Waals surface area contributed by atoms with Gasteiger partial charge in [0, 0.05) is 37.8 Å². The Balaban J connectivity index is 1.58. The van der Waals surface area contributed by atoms with Crippen LogP contribution in [0.25, 0.3) is 0 Å². The van der Waals surface area contributed by atoms with Crippen molar-refractivity contribution in [1.29, 1.82) is 0 Å². The molecule has 1 fully saturated rings. The Morgan fingerprint density at radius 2 is 1.56 bits per heavy atom.